The number of carbonyl (C=O) groups is 1. The zero-order valence-corrected chi connectivity index (χ0v) is 15.5. The molecule has 2 heterocycles. The van der Waals surface area contributed by atoms with Crippen LogP contribution in [0.15, 0.2) is 56.9 Å². The van der Waals surface area contributed by atoms with E-state index in [0.717, 1.165) is 23.1 Å². The van der Waals surface area contributed by atoms with Crippen molar-refractivity contribution < 1.29 is 13.9 Å². The van der Waals surface area contributed by atoms with Gasteiger partial charge in [-0.2, -0.15) is 0 Å². The SMILES string of the molecule is COc1ccc(-c2nnc(SCC(=O)Nc3ccc4[nH]c(=O)[nH]c4c3)o2)cc1. The van der Waals surface area contributed by atoms with E-state index in [0.29, 0.717) is 27.8 Å². The predicted octanol–water partition coefficient (Wildman–Crippen LogP) is 2.65. The lowest BCUT2D eigenvalue weighted by Crippen LogP contribution is -2.13. The molecule has 4 rings (SSSR count). The van der Waals surface area contributed by atoms with E-state index in [1.54, 1.807) is 37.4 Å². The van der Waals surface area contributed by atoms with Crippen molar-refractivity contribution in [3.63, 3.8) is 0 Å². The lowest BCUT2D eigenvalue weighted by molar-refractivity contribution is -0.113. The molecule has 10 heteroatoms. The van der Waals surface area contributed by atoms with Crippen LogP contribution in [0.5, 0.6) is 5.75 Å². The summed E-state index contributed by atoms with van der Waals surface area (Å²) in [7, 11) is 1.59. The zero-order chi connectivity index (χ0) is 19.5. The summed E-state index contributed by atoms with van der Waals surface area (Å²) in [5.41, 5.74) is 2.35. The van der Waals surface area contributed by atoms with E-state index >= 15 is 0 Å². The normalized spacial score (nSPS) is 10.9. The van der Waals surface area contributed by atoms with Crippen LogP contribution in [0, 0.1) is 0 Å². The van der Waals surface area contributed by atoms with Crippen molar-refractivity contribution in [1.82, 2.24) is 20.2 Å². The summed E-state index contributed by atoms with van der Waals surface area (Å²) in [6, 6.07) is 12.3. The predicted molar refractivity (Wildman–Crippen MR) is 105 cm³/mol. The van der Waals surface area contributed by atoms with Gasteiger partial charge in [-0.05, 0) is 42.5 Å². The highest BCUT2D eigenvalue weighted by atomic mass is 32.2. The molecule has 0 aliphatic carbocycles. The van der Waals surface area contributed by atoms with E-state index in [1.807, 2.05) is 12.1 Å². The first-order chi connectivity index (χ1) is 13.6. The minimum absolute atomic E-state index is 0.103. The smallest absolute Gasteiger partial charge is 0.323 e. The van der Waals surface area contributed by atoms with Gasteiger partial charge in [0.1, 0.15) is 5.75 Å². The Balaban J connectivity index is 1.36. The van der Waals surface area contributed by atoms with Crippen LogP contribution in [0.3, 0.4) is 0 Å². The molecule has 0 unspecified atom stereocenters. The summed E-state index contributed by atoms with van der Waals surface area (Å²) < 4.78 is 10.7. The van der Waals surface area contributed by atoms with Crippen molar-refractivity contribution in [1.29, 1.82) is 0 Å². The summed E-state index contributed by atoms with van der Waals surface area (Å²) in [4.78, 5) is 28.7. The molecule has 2 aromatic heterocycles. The van der Waals surface area contributed by atoms with Crippen molar-refractivity contribution in [2.75, 3.05) is 18.2 Å². The molecule has 0 saturated heterocycles. The molecule has 0 saturated carbocycles. The average molecular weight is 397 g/mol. The number of aromatic nitrogens is 4. The van der Waals surface area contributed by atoms with Crippen molar-refractivity contribution in [2.24, 2.45) is 0 Å². The maximum Gasteiger partial charge on any atom is 0.323 e. The van der Waals surface area contributed by atoms with Crippen molar-refractivity contribution >= 4 is 34.4 Å². The van der Waals surface area contributed by atoms with Gasteiger partial charge in [0, 0.05) is 11.3 Å². The highest BCUT2D eigenvalue weighted by Gasteiger charge is 2.12. The standard InChI is InChI=1S/C18H15N5O4S/c1-26-12-5-2-10(3-6-12)16-22-23-18(27-16)28-9-15(24)19-11-4-7-13-14(8-11)21-17(25)20-13/h2-8H,9H2,1H3,(H,19,24)(H2,20,21,25). The van der Waals surface area contributed by atoms with Crippen LogP contribution < -0.4 is 15.7 Å². The fraction of sp³-hybridized carbons (Fsp3) is 0.111. The molecule has 0 aliphatic rings. The molecule has 28 heavy (non-hydrogen) atoms. The Bertz CT molecular complexity index is 1180. The van der Waals surface area contributed by atoms with Gasteiger partial charge in [-0.25, -0.2) is 4.79 Å². The van der Waals surface area contributed by atoms with Gasteiger partial charge >= 0.3 is 5.69 Å². The second-order valence-electron chi connectivity index (χ2n) is 5.78. The highest BCUT2D eigenvalue weighted by molar-refractivity contribution is 7.99. The number of methoxy groups -OCH3 is 1. The van der Waals surface area contributed by atoms with Gasteiger partial charge in [0.25, 0.3) is 5.22 Å². The molecule has 4 aromatic rings. The number of nitrogens with zero attached hydrogens (tertiary/aromatic N) is 2. The van der Waals surface area contributed by atoms with Crippen molar-refractivity contribution in [2.45, 2.75) is 5.22 Å². The number of nitrogens with one attached hydrogen (secondary N) is 3. The summed E-state index contributed by atoms with van der Waals surface area (Å²) in [6.07, 6.45) is 0. The molecule has 0 fully saturated rings. The Morgan fingerprint density at radius 3 is 2.71 bits per heavy atom. The van der Waals surface area contributed by atoms with E-state index in [2.05, 4.69) is 25.5 Å². The minimum atomic E-state index is -0.293. The number of rotatable bonds is 6. The lowest BCUT2D eigenvalue weighted by Gasteiger charge is -2.03. The number of aromatic amines is 2. The van der Waals surface area contributed by atoms with Crippen LogP contribution in [-0.2, 0) is 4.79 Å². The maximum atomic E-state index is 12.2. The third-order valence-corrected chi connectivity index (χ3v) is 4.69. The van der Waals surface area contributed by atoms with Crippen LogP contribution in [-0.4, -0.2) is 38.9 Å². The first kappa shape index (κ1) is 17.9. The fourth-order valence-electron chi connectivity index (χ4n) is 2.55. The Kier molecular flexibility index (Phi) is 4.85. The molecular formula is C18H15N5O4S. The fourth-order valence-corrected chi connectivity index (χ4v) is 3.12. The van der Waals surface area contributed by atoms with Gasteiger partial charge in [-0.1, -0.05) is 11.8 Å². The molecule has 142 valence electrons. The molecule has 0 atom stereocenters. The van der Waals surface area contributed by atoms with Gasteiger partial charge in [0.2, 0.25) is 11.8 Å². The van der Waals surface area contributed by atoms with E-state index < -0.39 is 0 Å². The number of thioether (sulfide) groups is 1. The van der Waals surface area contributed by atoms with Gasteiger partial charge < -0.3 is 24.4 Å². The van der Waals surface area contributed by atoms with Crippen LogP contribution in [0.4, 0.5) is 5.69 Å². The maximum absolute atomic E-state index is 12.2. The number of imidazole rings is 1. The summed E-state index contributed by atoms with van der Waals surface area (Å²) in [5, 5.41) is 11.0. The Labute approximate surface area is 162 Å². The molecule has 1 amide bonds. The summed E-state index contributed by atoms with van der Waals surface area (Å²) in [5.74, 6) is 0.974. The Morgan fingerprint density at radius 2 is 1.93 bits per heavy atom. The number of carbonyl (C=O) groups excluding carboxylic acids is 1. The molecule has 0 spiro atoms. The second kappa shape index (κ2) is 7.61. The quantitative estimate of drug-likeness (QED) is 0.427. The number of H-pyrrole nitrogens is 2. The van der Waals surface area contributed by atoms with Crippen LogP contribution in [0.25, 0.3) is 22.5 Å². The third kappa shape index (κ3) is 3.91. The van der Waals surface area contributed by atoms with Crippen LogP contribution in [0.2, 0.25) is 0 Å². The topological polar surface area (TPSA) is 126 Å². The zero-order valence-electron chi connectivity index (χ0n) is 14.7. The van der Waals surface area contributed by atoms with E-state index in [9.17, 15) is 9.59 Å². The summed E-state index contributed by atoms with van der Waals surface area (Å²) in [6.45, 7) is 0. The third-order valence-electron chi connectivity index (χ3n) is 3.87. The molecule has 0 radical (unpaired) electrons. The number of amides is 1. The van der Waals surface area contributed by atoms with Crippen LogP contribution >= 0.6 is 11.8 Å². The average Bonchev–Trinajstić information content (AvgIpc) is 3.32. The number of benzene rings is 2. The number of hydrogen-bond acceptors (Lipinski definition) is 7. The van der Waals surface area contributed by atoms with Crippen molar-refractivity contribution in [3.05, 3.63) is 52.9 Å². The van der Waals surface area contributed by atoms with Gasteiger partial charge in [-0.15, -0.1) is 10.2 Å². The van der Waals surface area contributed by atoms with E-state index in [1.165, 1.54) is 0 Å². The second-order valence-corrected chi connectivity index (χ2v) is 6.70. The lowest BCUT2D eigenvalue weighted by atomic mass is 10.2. The molecule has 3 N–H and O–H groups in total. The molecule has 0 bridgehead atoms. The minimum Gasteiger partial charge on any atom is -0.497 e. The van der Waals surface area contributed by atoms with Gasteiger partial charge in [0.15, 0.2) is 0 Å². The first-order valence-electron chi connectivity index (χ1n) is 8.23. The number of ether oxygens (including phenoxy) is 1. The Morgan fingerprint density at radius 1 is 1.14 bits per heavy atom. The van der Waals surface area contributed by atoms with Crippen LogP contribution in [0.1, 0.15) is 0 Å². The molecule has 0 aliphatic heterocycles. The molecule has 2 aromatic carbocycles. The van der Waals surface area contributed by atoms with Gasteiger partial charge in [-0.3, -0.25) is 4.79 Å². The number of anilines is 1. The first-order valence-corrected chi connectivity index (χ1v) is 9.22. The number of hydrogen-bond donors (Lipinski definition) is 3. The van der Waals surface area contributed by atoms with Crippen molar-refractivity contribution in [3.8, 4) is 17.2 Å². The monoisotopic (exact) mass is 397 g/mol. The highest BCUT2D eigenvalue weighted by Crippen LogP contribution is 2.25. The van der Waals surface area contributed by atoms with E-state index in [4.69, 9.17) is 9.15 Å². The molecule has 9 nitrogen and oxygen atoms in total. The Hall–Kier alpha value is -3.53. The largest absolute Gasteiger partial charge is 0.497 e. The summed E-state index contributed by atoms with van der Waals surface area (Å²) >= 11 is 1.14. The van der Waals surface area contributed by atoms with E-state index in [-0.39, 0.29) is 17.3 Å². The number of fused-ring (bicyclic) bond motifs is 1. The van der Waals surface area contributed by atoms with Gasteiger partial charge in [0.05, 0.1) is 23.9 Å². The molecular weight excluding hydrogens is 382 g/mol.